The molecule has 2 fully saturated rings. The molecule has 0 spiro atoms. The number of carbonyl (C=O) groups excluding carboxylic acids is 2. The van der Waals surface area contributed by atoms with Gasteiger partial charge in [-0.15, -0.1) is 0 Å². The molecule has 8 heteroatoms. The summed E-state index contributed by atoms with van der Waals surface area (Å²) in [5, 5.41) is 0.508. The molecule has 2 atom stereocenters. The molecule has 1 aliphatic carbocycles. The van der Waals surface area contributed by atoms with E-state index in [-0.39, 0.29) is 12.1 Å². The normalized spacial score (nSPS) is 25.1. The van der Waals surface area contributed by atoms with Crippen molar-refractivity contribution in [1.82, 2.24) is 9.80 Å². The molecular weight excluding hydrogens is 528 g/mol. The van der Waals surface area contributed by atoms with Crippen molar-refractivity contribution < 1.29 is 23.8 Å². The number of likely N-dealkylation sites (tertiary alicyclic amines) is 1. The molecular formula is C32H43ClN2O5. The number of hydrogen-bond donors (Lipinski definition) is 0. The predicted molar refractivity (Wildman–Crippen MR) is 157 cm³/mol. The van der Waals surface area contributed by atoms with Gasteiger partial charge in [-0.3, -0.25) is 9.80 Å². The van der Waals surface area contributed by atoms with E-state index >= 15 is 0 Å². The summed E-state index contributed by atoms with van der Waals surface area (Å²) < 4.78 is 16.8. The van der Waals surface area contributed by atoms with Gasteiger partial charge in [0.15, 0.2) is 0 Å². The summed E-state index contributed by atoms with van der Waals surface area (Å²) in [6.45, 7) is 5.59. The molecule has 1 aliphatic heterocycles. The van der Waals surface area contributed by atoms with Crippen LogP contribution >= 0.6 is 11.6 Å². The highest BCUT2D eigenvalue weighted by atomic mass is 35.5. The van der Waals surface area contributed by atoms with Crippen LogP contribution in [0.15, 0.2) is 48.5 Å². The van der Waals surface area contributed by atoms with Crippen molar-refractivity contribution in [3.63, 3.8) is 0 Å². The Morgan fingerprint density at radius 1 is 1.07 bits per heavy atom. The number of benzene rings is 2. The lowest BCUT2D eigenvalue weighted by Gasteiger charge is -2.45. The Kier molecular flexibility index (Phi) is 9.36. The summed E-state index contributed by atoms with van der Waals surface area (Å²) >= 11 is 6.54. The van der Waals surface area contributed by atoms with E-state index in [0.717, 1.165) is 32.1 Å². The number of methoxy groups -OCH3 is 1. The maximum Gasteiger partial charge on any atom is 0.411 e. The van der Waals surface area contributed by atoms with Gasteiger partial charge in [0.2, 0.25) is 0 Å². The lowest BCUT2D eigenvalue weighted by atomic mass is 9.70. The van der Waals surface area contributed by atoms with E-state index < -0.39 is 29.8 Å². The van der Waals surface area contributed by atoms with Gasteiger partial charge >= 0.3 is 12.1 Å². The van der Waals surface area contributed by atoms with Gasteiger partial charge in [-0.05, 0) is 96.1 Å². The summed E-state index contributed by atoms with van der Waals surface area (Å²) in [6.07, 6.45) is 4.79. The van der Waals surface area contributed by atoms with Crippen LogP contribution in [0.1, 0.15) is 64.0 Å². The smallest absolute Gasteiger partial charge is 0.411 e. The largest absolute Gasteiger partial charge is 0.487 e. The summed E-state index contributed by atoms with van der Waals surface area (Å²) in [6, 6.07) is 16.0. The second-order valence-corrected chi connectivity index (χ2v) is 12.8. The minimum absolute atomic E-state index is 0.0741. The quantitative estimate of drug-likeness (QED) is 0.356. The van der Waals surface area contributed by atoms with Gasteiger partial charge in [-0.25, -0.2) is 9.59 Å². The third-order valence-electron chi connectivity index (χ3n) is 8.28. The first kappa shape index (κ1) is 30.2. The fourth-order valence-electron chi connectivity index (χ4n) is 6.14. The third-order valence-corrected chi connectivity index (χ3v) is 8.59. The second kappa shape index (κ2) is 12.4. The van der Waals surface area contributed by atoms with E-state index in [1.807, 2.05) is 12.1 Å². The van der Waals surface area contributed by atoms with Crippen molar-refractivity contribution >= 4 is 23.7 Å². The zero-order valence-corrected chi connectivity index (χ0v) is 25.4. The van der Waals surface area contributed by atoms with Gasteiger partial charge in [-0.2, -0.15) is 0 Å². The SMILES string of the molecule is COC(=O)[C@@H]1C[C@H](Oc2cc(C[C@H]3CC[C@](c4ccccc4)(N(C)C)CC3)ccc2Cl)CN1C(=O)OC(C)(C)C. The van der Waals surface area contributed by atoms with Crippen molar-refractivity contribution in [3.05, 3.63) is 64.7 Å². The van der Waals surface area contributed by atoms with Gasteiger partial charge in [0.25, 0.3) is 0 Å². The highest BCUT2D eigenvalue weighted by Gasteiger charge is 2.43. The molecule has 1 saturated heterocycles. The van der Waals surface area contributed by atoms with Crippen molar-refractivity contribution in [3.8, 4) is 5.75 Å². The average Bonchev–Trinajstić information content (AvgIpc) is 3.34. The van der Waals surface area contributed by atoms with E-state index in [9.17, 15) is 9.59 Å². The first-order valence-electron chi connectivity index (χ1n) is 14.2. The number of rotatable bonds is 7. The summed E-state index contributed by atoms with van der Waals surface area (Å²) in [4.78, 5) is 29.1. The van der Waals surface area contributed by atoms with Crippen molar-refractivity contribution in [2.75, 3.05) is 27.7 Å². The molecule has 0 bridgehead atoms. The monoisotopic (exact) mass is 570 g/mol. The van der Waals surface area contributed by atoms with Crippen molar-refractivity contribution in [2.45, 2.75) is 82.6 Å². The molecule has 4 rings (SSSR count). The second-order valence-electron chi connectivity index (χ2n) is 12.4. The lowest BCUT2D eigenvalue weighted by Crippen LogP contribution is -2.44. The lowest BCUT2D eigenvalue weighted by molar-refractivity contribution is -0.145. The van der Waals surface area contributed by atoms with E-state index in [4.69, 9.17) is 25.8 Å². The molecule has 0 radical (unpaired) electrons. The summed E-state index contributed by atoms with van der Waals surface area (Å²) in [5.41, 5.74) is 1.96. The summed E-state index contributed by atoms with van der Waals surface area (Å²) in [7, 11) is 5.69. The number of hydrogen-bond acceptors (Lipinski definition) is 6. The number of carbonyl (C=O) groups is 2. The van der Waals surface area contributed by atoms with E-state index in [0.29, 0.717) is 23.1 Å². The van der Waals surface area contributed by atoms with Gasteiger partial charge in [0.1, 0.15) is 23.5 Å². The number of amides is 1. The Bertz CT molecular complexity index is 1170. The highest BCUT2D eigenvalue weighted by molar-refractivity contribution is 6.32. The number of esters is 1. The van der Waals surface area contributed by atoms with Crippen LogP contribution in [0.25, 0.3) is 0 Å². The van der Waals surface area contributed by atoms with Gasteiger partial charge in [-0.1, -0.05) is 48.0 Å². The molecule has 0 N–H and O–H groups in total. The molecule has 2 aromatic rings. The van der Waals surface area contributed by atoms with Crippen LogP contribution in [0.2, 0.25) is 5.02 Å². The maximum absolute atomic E-state index is 12.8. The van der Waals surface area contributed by atoms with Gasteiger partial charge < -0.3 is 14.2 Å². The van der Waals surface area contributed by atoms with Crippen LogP contribution in [0.5, 0.6) is 5.75 Å². The zero-order chi connectivity index (χ0) is 29.1. The topological polar surface area (TPSA) is 68.3 Å². The van der Waals surface area contributed by atoms with Crippen molar-refractivity contribution in [1.29, 1.82) is 0 Å². The standard InChI is InChI=1S/C32H43ClN2O5/c1-31(2,3)40-30(37)35-21-25(20-27(35)29(36)38-6)39-28-19-23(12-13-26(28)33)18-22-14-16-32(17-15-22,34(4)5)24-10-8-7-9-11-24/h7-13,19,22,25,27H,14-18,20-21H2,1-6H3/t22-,25-,27-,32-/m0/s1. The molecule has 0 unspecified atom stereocenters. The molecule has 7 nitrogen and oxygen atoms in total. The van der Waals surface area contributed by atoms with Gasteiger partial charge in [0, 0.05) is 12.0 Å². The minimum Gasteiger partial charge on any atom is -0.487 e. The highest BCUT2D eigenvalue weighted by Crippen LogP contribution is 2.44. The van der Waals surface area contributed by atoms with Crippen LogP contribution in [0.3, 0.4) is 0 Å². The Morgan fingerprint density at radius 3 is 2.35 bits per heavy atom. The molecule has 40 heavy (non-hydrogen) atoms. The molecule has 0 aromatic heterocycles. The Labute approximate surface area is 243 Å². The molecule has 1 amide bonds. The van der Waals surface area contributed by atoms with Crippen LogP contribution in [0, 0.1) is 5.92 Å². The number of ether oxygens (including phenoxy) is 3. The zero-order valence-electron chi connectivity index (χ0n) is 24.6. The van der Waals surface area contributed by atoms with Crippen LogP contribution in [-0.4, -0.2) is 67.4 Å². The number of nitrogens with zero attached hydrogens (tertiary/aromatic N) is 2. The van der Waals surface area contributed by atoms with Crippen LogP contribution < -0.4 is 4.74 Å². The molecule has 1 saturated carbocycles. The summed E-state index contributed by atoms with van der Waals surface area (Å²) in [5.74, 6) is 0.656. The molecule has 1 heterocycles. The minimum atomic E-state index is -0.768. The fraction of sp³-hybridized carbons (Fsp3) is 0.562. The van der Waals surface area contributed by atoms with Crippen molar-refractivity contribution in [2.24, 2.45) is 5.92 Å². The predicted octanol–water partition coefficient (Wildman–Crippen LogP) is 6.46. The Hall–Kier alpha value is -2.77. The molecule has 218 valence electrons. The van der Waals surface area contributed by atoms with Crippen LogP contribution in [0.4, 0.5) is 4.79 Å². The maximum atomic E-state index is 12.8. The van der Waals surface area contributed by atoms with E-state index in [1.54, 1.807) is 20.8 Å². The van der Waals surface area contributed by atoms with E-state index in [2.05, 4.69) is 55.4 Å². The first-order valence-corrected chi connectivity index (χ1v) is 14.5. The van der Waals surface area contributed by atoms with Gasteiger partial charge in [0.05, 0.1) is 18.7 Å². The van der Waals surface area contributed by atoms with E-state index in [1.165, 1.54) is 23.1 Å². The Morgan fingerprint density at radius 2 is 1.75 bits per heavy atom. The van der Waals surface area contributed by atoms with Crippen LogP contribution in [-0.2, 0) is 26.2 Å². The molecule has 2 aliphatic rings. The Balaban J connectivity index is 1.42. The third kappa shape index (κ3) is 6.92. The average molecular weight is 571 g/mol. The number of halogens is 1. The molecule has 2 aromatic carbocycles. The fourth-order valence-corrected chi connectivity index (χ4v) is 6.31. The first-order chi connectivity index (χ1) is 18.9.